The molecule has 1 rings (SSSR count). The van der Waals surface area contributed by atoms with Crippen molar-refractivity contribution < 1.29 is 4.79 Å². The first-order valence-corrected chi connectivity index (χ1v) is 7.18. The normalized spacial score (nSPS) is 12.8. The summed E-state index contributed by atoms with van der Waals surface area (Å²) in [5.74, 6) is 0.513. The van der Waals surface area contributed by atoms with E-state index in [9.17, 15) is 4.79 Å². The van der Waals surface area contributed by atoms with Crippen molar-refractivity contribution in [1.82, 2.24) is 10.2 Å². The van der Waals surface area contributed by atoms with Crippen molar-refractivity contribution in [3.8, 4) is 0 Å². The highest BCUT2D eigenvalue weighted by Gasteiger charge is 2.19. The monoisotopic (exact) mass is 277 g/mol. The van der Waals surface area contributed by atoms with Gasteiger partial charge >= 0.3 is 0 Å². The molecule has 4 nitrogen and oxygen atoms in total. The topological polar surface area (TPSA) is 58.4 Å². The van der Waals surface area contributed by atoms with Crippen molar-refractivity contribution in [3.05, 3.63) is 35.4 Å². The van der Waals surface area contributed by atoms with E-state index >= 15 is 0 Å². The van der Waals surface area contributed by atoms with Gasteiger partial charge in [0.25, 0.3) is 0 Å². The van der Waals surface area contributed by atoms with Crippen LogP contribution in [-0.4, -0.2) is 37.5 Å². The minimum absolute atomic E-state index is 0.0493. The molecule has 0 radical (unpaired) electrons. The average Bonchev–Trinajstić information content (AvgIpc) is 2.39. The van der Waals surface area contributed by atoms with Crippen LogP contribution in [0, 0.1) is 12.8 Å². The highest BCUT2D eigenvalue weighted by atomic mass is 16.2. The molecule has 1 unspecified atom stereocenters. The van der Waals surface area contributed by atoms with E-state index in [0.29, 0.717) is 25.6 Å². The molecule has 0 heterocycles. The standard InChI is InChI=1S/C16H27N3O/c1-12(2)10-18-16(20)11-19(4)15(9-17)14-8-6-5-7-13(14)3/h5-8,12,15H,9-11,17H2,1-4H3,(H,18,20). The van der Waals surface area contributed by atoms with Gasteiger partial charge in [0.15, 0.2) is 0 Å². The molecule has 4 heteroatoms. The predicted molar refractivity (Wildman–Crippen MR) is 83.5 cm³/mol. The summed E-state index contributed by atoms with van der Waals surface area (Å²) in [5.41, 5.74) is 8.29. The van der Waals surface area contributed by atoms with Crippen molar-refractivity contribution in [1.29, 1.82) is 0 Å². The number of benzene rings is 1. The minimum Gasteiger partial charge on any atom is -0.355 e. The number of hydrogen-bond acceptors (Lipinski definition) is 3. The Balaban J connectivity index is 2.66. The van der Waals surface area contributed by atoms with Crippen LogP contribution in [0.5, 0.6) is 0 Å². The number of carbonyl (C=O) groups is 1. The Morgan fingerprint density at radius 1 is 1.35 bits per heavy atom. The highest BCUT2D eigenvalue weighted by Crippen LogP contribution is 2.21. The molecule has 0 aliphatic carbocycles. The molecule has 1 aromatic carbocycles. The third-order valence-electron chi connectivity index (χ3n) is 3.40. The van der Waals surface area contributed by atoms with Crippen molar-refractivity contribution in [2.45, 2.75) is 26.8 Å². The lowest BCUT2D eigenvalue weighted by Gasteiger charge is -2.28. The third-order valence-corrected chi connectivity index (χ3v) is 3.40. The molecule has 0 aliphatic heterocycles. The smallest absolute Gasteiger partial charge is 0.234 e. The summed E-state index contributed by atoms with van der Waals surface area (Å²) in [4.78, 5) is 13.9. The fraction of sp³-hybridized carbons (Fsp3) is 0.562. The summed E-state index contributed by atoms with van der Waals surface area (Å²) < 4.78 is 0. The first-order chi connectivity index (χ1) is 9.45. The summed E-state index contributed by atoms with van der Waals surface area (Å²) in [7, 11) is 1.94. The molecule has 1 aromatic rings. The number of nitrogens with one attached hydrogen (secondary N) is 1. The lowest BCUT2D eigenvalue weighted by molar-refractivity contribution is -0.122. The van der Waals surface area contributed by atoms with E-state index in [1.54, 1.807) is 0 Å². The molecule has 20 heavy (non-hydrogen) atoms. The number of nitrogens with zero attached hydrogens (tertiary/aromatic N) is 1. The average molecular weight is 277 g/mol. The van der Waals surface area contributed by atoms with E-state index in [0.717, 1.165) is 0 Å². The summed E-state index contributed by atoms with van der Waals surface area (Å²) in [6, 6.07) is 8.25. The van der Waals surface area contributed by atoms with E-state index in [2.05, 4.69) is 38.2 Å². The van der Waals surface area contributed by atoms with E-state index in [-0.39, 0.29) is 11.9 Å². The van der Waals surface area contributed by atoms with Gasteiger partial charge in [-0.25, -0.2) is 0 Å². The van der Waals surface area contributed by atoms with Gasteiger partial charge in [-0.2, -0.15) is 0 Å². The van der Waals surface area contributed by atoms with Crippen molar-refractivity contribution in [2.24, 2.45) is 11.7 Å². The van der Waals surface area contributed by atoms with Gasteiger partial charge in [0.2, 0.25) is 5.91 Å². The van der Waals surface area contributed by atoms with Crippen molar-refractivity contribution in [3.63, 3.8) is 0 Å². The van der Waals surface area contributed by atoms with Crippen LogP contribution in [0.15, 0.2) is 24.3 Å². The summed E-state index contributed by atoms with van der Waals surface area (Å²) >= 11 is 0. The van der Waals surface area contributed by atoms with E-state index in [1.165, 1.54) is 11.1 Å². The SMILES string of the molecule is Cc1ccccc1C(CN)N(C)CC(=O)NCC(C)C. The zero-order valence-electron chi connectivity index (χ0n) is 13.0. The van der Waals surface area contributed by atoms with Gasteiger partial charge < -0.3 is 11.1 Å². The maximum absolute atomic E-state index is 11.9. The molecule has 0 bridgehead atoms. The van der Waals surface area contributed by atoms with E-state index < -0.39 is 0 Å². The number of nitrogens with two attached hydrogens (primary N) is 1. The number of aryl methyl sites for hydroxylation is 1. The summed E-state index contributed by atoms with van der Waals surface area (Å²) in [6.45, 7) is 7.82. The highest BCUT2D eigenvalue weighted by molar-refractivity contribution is 5.78. The molecule has 0 aromatic heterocycles. The van der Waals surface area contributed by atoms with E-state index in [4.69, 9.17) is 5.73 Å². The molecule has 1 atom stereocenters. The third kappa shape index (κ3) is 4.94. The quantitative estimate of drug-likeness (QED) is 0.797. The van der Waals surface area contributed by atoms with Crippen LogP contribution in [0.3, 0.4) is 0 Å². The largest absolute Gasteiger partial charge is 0.355 e. The van der Waals surface area contributed by atoms with Gasteiger partial charge in [-0.1, -0.05) is 38.1 Å². The first kappa shape index (κ1) is 16.7. The van der Waals surface area contributed by atoms with E-state index in [1.807, 2.05) is 24.1 Å². The van der Waals surface area contributed by atoms with Crippen LogP contribution in [0.1, 0.15) is 31.0 Å². The molecule has 1 amide bonds. The molecule has 112 valence electrons. The van der Waals surface area contributed by atoms with Crippen LogP contribution < -0.4 is 11.1 Å². The molecule has 0 saturated heterocycles. The summed E-state index contributed by atoms with van der Waals surface area (Å²) in [6.07, 6.45) is 0. The zero-order chi connectivity index (χ0) is 15.1. The van der Waals surface area contributed by atoms with Crippen LogP contribution in [-0.2, 0) is 4.79 Å². The lowest BCUT2D eigenvalue weighted by atomic mass is 10.0. The van der Waals surface area contributed by atoms with Crippen molar-refractivity contribution >= 4 is 5.91 Å². The molecular formula is C16H27N3O. The van der Waals surface area contributed by atoms with Gasteiger partial charge in [-0.15, -0.1) is 0 Å². The van der Waals surface area contributed by atoms with Crippen LogP contribution in [0.2, 0.25) is 0 Å². The Morgan fingerprint density at radius 2 is 2.00 bits per heavy atom. The van der Waals surface area contributed by atoms with Crippen LogP contribution in [0.25, 0.3) is 0 Å². The maximum Gasteiger partial charge on any atom is 0.234 e. The number of hydrogen-bond donors (Lipinski definition) is 2. The first-order valence-electron chi connectivity index (χ1n) is 7.18. The Labute approximate surface area is 122 Å². The van der Waals surface area contributed by atoms with Gasteiger partial charge in [0.1, 0.15) is 0 Å². The number of carbonyl (C=O) groups excluding carboxylic acids is 1. The molecule has 0 saturated carbocycles. The maximum atomic E-state index is 11.9. The van der Waals surface area contributed by atoms with Crippen LogP contribution >= 0.6 is 0 Å². The number of rotatable bonds is 7. The number of likely N-dealkylation sites (N-methyl/N-ethyl adjacent to an activating group) is 1. The summed E-state index contributed by atoms with van der Waals surface area (Å²) in [5, 5.41) is 2.94. The number of amides is 1. The Kier molecular flexibility index (Phi) is 6.68. The van der Waals surface area contributed by atoms with Gasteiger partial charge in [-0.3, -0.25) is 9.69 Å². The van der Waals surface area contributed by atoms with Gasteiger partial charge in [-0.05, 0) is 31.0 Å². The molecule has 0 fully saturated rings. The second kappa shape index (κ2) is 8.02. The zero-order valence-corrected chi connectivity index (χ0v) is 13.0. The second-order valence-electron chi connectivity index (χ2n) is 5.72. The molecule has 0 spiro atoms. The Morgan fingerprint density at radius 3 is 2.55 bits per heavy atom. The van der Waals surface area contributed by atoms with Gasteiger partial charge in [0.05, 0.1) is 6.54 Å². The minimum atomic E-state index is 0.0493. The predicted octanol–water partition coefficient (Wildman–Crippen LogP) is 1.70. The molecule has 3 N–H and O–H groups in total. The Hall–Kier alpha value is -1.39. The second-order valence-corrected chi connectivity index (χ2v) is 5.72. The lowest BCUT2D eigenvalue weighted by Crippen LogP contribution is -2.40. The molecule has 0 aliphatic rings. The van der Waals surface area contributed by atoms with Gasteiger partial charge in [0, 0.05) is 19.1 Å². The molecular weight excluding hydrogens is 250 g/mol. The van der Waals surface area contributed by atoms with Crippen LogP contribution in [0.4, 0.5) is 0 Å². The fourth-order valence-electron chi connectivity index (χ4n) is 2.22. The fourth-order valence-corrected chi connectivity index (χ4v) is 2.22. The Bertz CT molecular complexity index is 431. The van der Waals surface area contributed by atoms with Crippen molar-refractivity contribution in [2.75, 3.05) is 26.7 Å².